The summed E-state index contributed by atoms with van der Waals surface area (Å²) in [6, 6.07) is 4.78. The Morgan fingerprint density at radius 2 is 1.78 bits per heavy atom. The number of aryl methyl sites for hydroxylation is 1. The summed E-state index contributed by atoms with van der Waals surface area (Å²) in [5, 5.41) is 2.88. The molecule has 1 fully saturated rings. The van der Waals surface area contributed by atoms with Gasteiger partial charge in [0.1, 0.15) is 6.04 Å². The van der Waals surface area contributed by atoms with Crippen LogP contribution in [0.3, 0.4) is 0 Å². The van der Waals surface area contributed by atoms with E-state index in [0.717, 1.165) is 10.0 Å². The number of carbonyl (C=O) groups is 3. The first-order valence-electron chi connectivity index (χ1n) is 9.38. The smallest absolute Gasteiger partial charge is 0.247 e. The van der Waals surface area contributed by atoms with Gasteiger partial charge < -0.3 is 5.32 Å². The number of likely N-dealkylation sites (tertiary alicyclic amines) is 1. The summed E-state index contributed by atoms with van der Waals surface area (Å²) in [6.45, 7) is 5.94. The number of benzene rings is 1. The number of hydrogen-bond donors (Lipinski definition) is 1. The number of carbonyl (C=O) groups excluding carboxylic acids is 3. The molecule has 1 aliphatic heterocycles. The van der Waals surface area contributed by atoms with Crippen LogP contribution in [-0.4, -0.2) is 28.7 Å². The van der Waals surface area contributed by atoms with E-state index in [1.54, 1.807) is 0 Å². The molecule has 1 saturated heterocycles. The van der Waals surface area contributed by atoms with E-state index in [2.05, 4.69) is 21.2 Å². The topological polar surface area (TPSA) is 66.5 Å². The van der Waals surface area contributed by atoms with Crippen molar-refractivity contribution in [1.82, 2.24) is 4.90 Å². The van der Waals surface area contributed by atoms with E-state index in [4.69, 9.17) is 0 Å². The molecule has 1 aromatic rings. The van der Waals surface area contributed by atoms with Crippen LogP contribution in [0.1, 0.15) is 38.7 Å². The lowest BCUT2D eigenvalue weighted by Gasteiger charge is -2.27. The number of nitrogens with one attached hydrogen (secondary N) is 1. The van der Waals surface area contributed by atoms with E-state index in [9.17, 15) is 14.4 Å². The van der Waals surface area contributed by atoms with Crippen molar-refractivity contribution >= 4 is 39.3 Å². The highest BCUT2D eigenvalue weighted by molar-refractivity contribution is 9.10. The highest BCUT2D eigenvalue weighted by atomic mass is 79.9. The molecular weight excluding hydrogens is 408 g/mol. The van der Waals surface area contributed by atoms with E-state index in [1.807, 2.05) is 51.1 Å². The van der Waals surface area contributed by atoms with Gasteiger partial charge in [0.05, 0.1) is 11.8 Å². The van der Waals surface area contributed by atoms with Gasteiger partial charge in [0.15, 0.2) is 0 Å². The predicted molar refractivity (Wildman–Crippen MR) is 108 cm³/mol. The molecule has 144 valence electrons. The molecule has 6 heteroatoms. The minimum absolute atomic E-state index is 0.173. The third-order valence-corrected chi connectivity index (χ3v) is 6.14. The molecule has 5 nitrogen and oxygen atoms in total. The zero-order valence-electron chi connectivity index (χ0n) is 15.9. The summed E-state index contributed by atoms with van der Waals surface area (Å²) in [6.07, 6.45) is 5.51. The SMILES string of the molecule is Cc1ccc(NC(=O)C(CC(C)C)N2C(=O)C3CC=CCC3C2=O)cc1Br. The number of hydrogen-bond acceptors (Lipinski definition) is 3. The molecule has 0 aromatic heterocycles. The summed E-state index contributed by atoms with van der Waals surface area (Å²) in [7, 11) is 0. The molecular formula is C21H25BrN2O3. The number of rotatable bonds is 5. The molecule has 3 rings (SSSR count). The molecule has 3 unspecified atom stereocenters. The van der Waals surface area contributed by atoms with Gasteiger partial charge in [-0.1, -0.05) is 48.0 Å². The van der Waals surface area contributed by atoms with Crippen LogP contribution in [0.2, 0.25) is 0 Å². The van der Waals surface area contributed by atoms with E-state index < -0.39 is 6.04 Å². The third-order valence-electron chi connectivity index (χ3n) is 5.29. The summed E-state index contributed by atoms with van der Waals surface area (Å²) in [5.41, 5.74) is 1.71. The average Bonchev–Trinajstić information content (AvgIpc) is 2.87. The van der Waals surface area contributed by atoms with Crippen LogP contribution in [0.5, 0.6) is 0 Å². The zero-order chi connectivity index (χ0) is 19.7. The standard InChI is InChI=1S/C21H25BrN2O3/c1-12(2)10-18(19(25)23-14-9-8-13(3)17(22)11-14)24-20(26)15-6-4-5-7-16(15)21(24)27/h4-5,8-9,11-12,15-16,18H,6-7,10H2,1-3H3,(H,23,25). The van der Waals surface area contributed by atoms with Crippen molar-refractivity contribution in [1.29, 1.82) is 0 Å². The maximum Gasteiger partial charge on any atom is 0.247 e. The molecule has 27 heavy (non-hydrogen) atoms. The molecule has 3 atom stereocenters. The first-order chi connectivity index (χ1) is 12.8. The molecule has 1 aliphatic carbocycles. The molecule has 0 bridgehead atoms. The van der Waals surface area contributed by atoms with Crippen molar-refractivity contribution in [2.45, 2.75) is 46.1 Å². The summed E-state index contributed by atoms with van der Waals surface area (Å²) >= 11 is 3.46. The van der Waals surface area contributed by atoms with E-state index >= 15 is 0 Å². The minimum atomic E-state index is -0.782. The van der Waals surface area contributed by atoms with Gasteiger partial charge in [0, 0.05) is 10.2 Å². The Bertz CT molecular complexity index is 777. The summed E-state index contributed by atoms with van der Waals surface area (Å²) in [4.78, 5) is 40.1. The predicted octanol–water partition coefficient (Wildman–Crippen LogP) is 4.06. The second-order valence-electron chi connectivity index (χ2n) is 7.80. The zero-order valence-corrected chi connectivity index (χ0v) is 17.5. The molecule has 0 spiro atoms. The molecule has 0 radical (unpaired) electrons. The van der Waals surface area contributed by atoms with Gasteiger partial charge in [0.2, 0.25) is 17.7 Å². The van der Waals surface area contributed by atoms with Crippen molar-refractivity contribution in [3.8, 4) is 0 Å². The Balaban J connectivity index is 1.85. The van der Waals surface area contributed by atoms with E-state index in [0.29, 0.717) is 24.9 Å². The van der Waals surface area contributed by atoms with Gasteiger partial charge in [-0.2, -0.15) is 0 Å². The van der Waals surface area contributed by atoms with Crippen LogP contribution in [0.4, 0.5) is 5.69 Å². The molecule has 2 aliphatic rings. The summed E-state index contributed by atoms with van der Waals surface area (Å²) < 4.78 is 0.895. The minimum Gasteiger partial charge on any atom is -0.324 e. The normalized spacial score (nSPS) is 22.9. The maximum absolute atomic E-state index is 13.0. The van der Waals surface area contributed by atoms with Crippen LogP contribution >= 0.6 is 15.9 Å². The van der Waals surface area contributed by atoms with Gasteiger partial charge >= 0.3 is 0 Å². The molecule has 1 N–H and O–H groups in total. The van der Waals surface area contributed by atoms with Gasteiger partial charge in [-0.25, -0.2) is 0 Å². The van der Waals surface area contributed by atoms with Crippen molar-refractivity contribution in [3.63, 3.8) is 0 Å². The van der Waals surface area contributed by atoms with Crippen molar-refractivity contribution in [3.05, 3.63) is 40.4 Å². The quantitative estimate of drug-likeness (QED) is 0.563. The first kappa shape index (κ1) is 19.8. The van der Waals surface area contributed by atoms with Crippen LogP contribution in [0, 0.1) is 24.7 Å². The first-order valence-corrected chi connectivity index (χ1v) is 10.2. The van der Waals surface area contributed by atoms with Crippen molar-refractivity contribution < 1.29 is 14.4 Å². The lowest BCUT2D eigenvalue weighted by Crippen LogP contribution is -2.48. The lowest BCUT2D eigenvalue weighted by molar-refractivity contribution is -0.147. The van der Waals surface area contributed by atoms with E-state index in [-0.39, 0.29) is 35.5 Å². The number of imide groups is 1. The Labute approximate surface area is 168 Å². The number of anilines is 1. The fourth-order valence-electron chi connectivity index (χ4n) is 3.81. The highest BCUT2D eigenvalue weighted by Crippen LogP contribution is 2.37. The summed E-state index contributed by atoms with van der Waals surface area (Å²) in [5.74, 6) is -1.20. The van der Waals surface area contributed by atoms with E-state index in [1.165, 1.54) is 4.90 Å². The largest absolute Gasteiger partial charge is 0.324 e. The maximum atomic E-state index is 13.0. The van der Waals surface area contributed by atoms with Crippen molar-refractivity contribution in [2.24, 2.45) is 17.8 Å². The molecule has 1 aromatic carbocycles. The monoisotopic (exact) mass is 432 g/mol. The number of allylic oxidation sites excluding steroid dienone is 2. The van der Waals surface area contributed by atoms with Crippen LogP contribution < -0.4 is 5.32 Å². The van der Waals surface area contributed by atoms with Crippen LogP contribution in [0.25, 0.3) is 0 Å². The van der Waals surface area contributed by atoms with Gasteiger partial charge in [-0.15, -0.1) is 0 Å². The number of halogens is 1. The third kappa shape index (κ3) is 4.00. The van der Waals surface area contributed by atoms with Gasteiger partial charge in [-0.05, 0) is 49.8 Å². The second kappa shape index (κ2) is 7.97. The Morgan fingerprint density at radius 1 is 1.19 bits per heavy atom. The van der Waals surface area contributed by atoms with Crippen LogP contribution in [0.15, 0.2) is 34.8 Å². The number of fused-ring (bicyclic) bond motifs is 1. The lowest BCUT2D eigenvalue weighted by atomic mass is 9.85. The number of amides is 3. The molecule has 0 saturated carbocycles. The molecule has 3 amide bonds. The Hall–Kier alpha value is -1.95. The van der Waals surface area contributed by atoms with Crippen LogP contribution in [-0.2, 0) is 14.4 Å². The average molecular weight is 433 g/mol. The van der Waals surface area contributed by atoms with Crippen molar-refractivity contribution in [2.75, 3.05) is 5.32 Å². The molecule has 1 heterocycles. The van der Waals surface area contributed by atoms with Gasteiger partial charge in [-0.3, -0.25) is 19.3 Å². The Kier molecular flexibility index (Phi) is 5.84. The fourth-order valence-corrected chi connectivity index (χ4v) is 4.18. The second-order valence-corrected chi connectivity index (χ2v) is 8.66. The van der Waals surface area contributed by atoms with Gasteiger partial charge in [0.25, 0.3) is 0 Å². The number of nitrogens with zero attached hydrogens (tertiary/aromatic N) is 1. The Morgan fingerprint density at radius 3 is 2.30 bits per heavy atom. The fraction of sp³-hybridized carbons (Fsp3) is 0.476. The highest BCUT2D eigenvalue weighted by Gasteiger charge is 2.51.